The molecule has 7 nitrogen and oxygen atoms in total. The lowest BCUT2D eigenvalue weighted by Gasteiger charge is -2.14. The molecule has 1 aromatic heterocycles. The lowest BCUT2D eigenvalue weighted by Crippen LogP contribution is -2.31. The van der Waals surface area contributed by atoms with E-state index in [9.17, 15) is 4.79 Å². The van der Waals surface area contributed by atoms with Crippen molar-refractivity contribution in [1.82, 2.24) is 10.3 Å². The van der Waals surface area contributed by atoms with Gasteiger partial charge in [0, 0.05) is 18.0 Å². The Balaban J connectivity index is 1.33. The Kier molecular flexibility index (Phi) is 5.47. The van der Waals surface area contributed by atoms with Gasteiger partial charge in [-0.2, -0.15) is 0 Å². The van der Waals surface area contributed by atoms with Gasteiger partial charge in [0.25, 0.3) is 0 Å². The van der Waals surface area contributed by atoms with E-state index in [1.807, 2.05) is 61.5 Å². The summed E-state index contributed by atoms with van der Waals surface area (Å²) in [6, 6.07) is 18.1. The number of urea groups is 1. The molecule has 1 aliphatic heterocycles. The molecule has 4 rings (SSSR count). The number of hydrogen-bond donors (Lipinski definition) is 2. The van der Waals surface area contributed by atoms with E-state index in [4.69, 9.17) is 14.2 Å². The molecule has 1 atom stereocenters. The molecule has 0 fully saturated rings. The molecule has 2 heterocycles. The minimum Gasteiger partial charge on any atom is -0.489 e. The summed E-state index contributed by atoms with van der Waals surface area (Å²) in [5.74, 6) is 2.08. The van der Waals surface area contributed by atoms with E-state index < -0.39 is 0 Å². The zero-order valence-electron chi connectivity index (χ0n) is 15.9. The number of carbonyl (C=O) groups is 1. The van der Waals surface area contributed by atoms with Gasteiger partial charge in [0.15, 0.2) is 11.5 Å². The van der Waals surface area contributed by atoms with Gasteiger partial charge in [-0.1, -0.05) is 18.2 Å². The third-order valence-electron chi connectivity index (χ3n) is 4.41. The number of nitrogens with one attached hydrogen (secondary N) is 2. The summed E-state index contributed by atoms with van der Waals surface area (Å²) in [7, 11) is 0. The molecule has 2 aromatic carbocycles. The summed E-state index contributed by atoms with van der Waals surface area (Å²) in [6.45, 7) is 2.48. The number of nitrogens with zero attached hydrogens (tertiary/aromatic N) is 1. The topological polar surface area (TPSA) is 81.7 Å². The molecule has 0 spiro atoms. The van der Waals surface area contributed by atoms with E-state index in [0.717, 1.165) is 17.0 Å². The average molecular weight is 391 g/mol. The third kappa shape index (κ3) is 4.76. The Morgan fingerprint density at radius 3 is 2.86 bits per heavy atom. The number of aromatic nitrogens is 1. The van der Waals surface area contributed by atoms with Gasteiger partial charge in [0.1, 0.15) is 12.4 Å². The van der Waals surface area contributed by atoms with Crippen molar-refractivity contribution in [2.75, 3.05) is 12.1 Å². The largest absolute Gasteiger partial charge is 0.489 e. The third-order valence-corrected chi connectivity index (χ3v) is 4.41. The van der Waals surface area contributed by atoms with E-state index in [-0.39, 0.29) is 18.9 Å². The fourth-order valence-electron chi connectivity index (χ4n) is 2.94. The van der Waals surface area contributed by atoms with Crippen LogP contribution in [-0.2, 0) is 6.61 Å². The van der Waals surface area contributed by atoms with Gasteiger partial charge in [-0.3, -0.25) is 4.98 Å². The van der Waals surface area contributed by atoms with Crippen LogP contribution in [0.3, 0.4) is 0 Å². The maximum atomic E-state index is 12.3. The highest BCUT2D eigenvalue weighted by Gasteiger charge is 2.14. The number of ether oxygens (including phenoxy) is 3. The molecule has 7 heteroatoms. The predicted octanol–water partition coefficient (Wildman–Crippen LogP) is 4.27. The summed E-state index contributed by atoms with van der Waals surface area (Å²) < 4.78 is 16.5. The van der Waals surface area contributed by atoms with Gasteiger partial charge in [-0.05, 0) is 48.9 Å². The van der Waals surface area contributed by atoms with E-state index in [0.29, 0.717) is 23.8 Å². The minimum atomic E-state index is -0.294. The van der Waals surface area contributed by atoms with Gasteiger partial charge < -0.3 is 24.8 Å². The summed E-state index contributed by atoms with van der Waals surface area (Å²) in [5.41, 5.74) is 2.41. The van der Waals surface area contributed by atoms with Gasteiger partial charge in [-0.15, -0.1) is 0 Å². The lowest BCUT2D eigenvalue weighted by atomic mass is 10.2. The van der Waals surface area contributed by atoms with Crippen LogP contribution >= 0.6 is 0 Å². The van der Waals surface area contributed by atoms with Crippen molar-refractivity contribution in [2.24, 2.45) is 0 Å². The van der Waals surface area contributed by atoms with Crippen molar-refractivity contribution in [3.63, 3.8) is 0 Å². The fraction of sp³-hybridized carbons (Fsp3) is 0.182. The molecule has 0 saturated heterocycles. The molecule has 3 aromatic rings. The second-order valence-corrected chi connectivity index (χ2v) is 6.58. The van der Waals surface area contributed by atoms with Crippen LogP contribution in [-0.4, -0.2) is 17.8 Å². The van der Waals surface area contributed by atoms with Crippen LogP contribution in [0.5, 0.6) is 17.2 Å². The maximum Gasteiger partial charge on any atom is 0.319 e. The summed E-state index contributed by atoms with van der Waals surface area (Å²) in [5, 5.41) is 5.72. The van der Waals surface area contributed by atoms with E-state index in [2.05, 4.69) is 15.6 Å². The maximum absolute atomic E-state index is 12.3. The van der Waals surface area contributed by atoms with Crippen molar-refractivity contribution in [3.05, 3.63) is 78.1 Å². The van der Waals surface area contributed by atoms with Crippen LogP contribution in [0.2, 0.25) is 0 Å². The average Bonchev–Trinajstić information content (AvgIpc) is 3.21. The first-order valence-electron chi connectivity index (χ1n) is 9.27. The van der Waals surface area contributed by atoms with Gasteiger partial charge in [0.05, 0.1) is 11.7 Å². The molecular formula is C22H21N3O4. The molecule has 29 heavy (non-hydrogen) atoms. The zero-order valence-corrected chi connectivity index (χ0v) is 15.9. The molecule has 148 valence electrons. The molecule has 0 radical (unpaired) electrons. The van der Waals surface area contributed by atoms with Gasteiger partial charge in [0.2, 0.25) is 6.79 Å². The highest BCUT2D eigenvalue weighted by molar-refractivity contribution is 5.89. The Bertz CT molecular complexity index is 994. The van der Waals surface area contributed by atoms with Crippen LogP contribution < -0.4 is 24.8 Å². The van der Waals surface area contributed by atoms with Crippen LogP contribution in [0.4, 0.5) is 10.5 Å². The first-order chi connectivity index (χ1) is 14.2. The highest BCUT2D eigenvalue weighted by atomic mass is 16.7. The quantitative estimate of drug-likeness (QED) is 0.656. The number of fused-ring (bicyclic) bond motifs is 1. The smallest absolute Gasteiger partial charge is 0.319 e. The number of carbonyl (C=O) groups excluding carboxylic acids is 1. The Morgan fingerprint density at radius 1 is 1.10 bits per heavy atom. The number of amides is 2. The molecule has 1 aliphatic rings. The number of benzene rings is 2. The van der Waals surface area contributed by atoms with E-state index in [1.165, 1.54) is 0 Å². The molecule has 1 unspecified atom stereocenters. The lowest BCUT2D eigenvalue weighted by molar-refractivity contribution is 0.173. The Hall–Kier alpha value is -3.74. The number of rotatable bonds is 6. The van der Waals surface area contributed by atoms with E-state index >= 15 is 0 Å². The molecule has 2 amide bonds. The summed E-state index contributed by atoms with van der Waals surface area (Å²) >= 11 is 0. The van der Waals surface area contributed by atoms with Gasteiger partial charge in [-0.25, -0.2) is 4.79 Å². The van der Waals surface area contributed by atoms with Crippen molar-refractivity contribution < 1.29 is 19.0 Å². The second kappa shape index (κ2) is 8.52. The predicted molar refractivity (Wildman–Crippen MR) is 108 cm³/mol. The number of hydrogen-bond acceptors (Lipinski definition) is 5. The molecule has 0 aliphatic carbocycles. The van der Waals surface area contributed by atoms with E-state index in [1.54, 1.807) is 12.3 Å². The zero-order chi connectivity index (χ0) is 20.1. The van der Waals surface area contributed by atoms with Crippen molar-refractivity contribution in [1.29, 1.82) is 0 Å². The van der Waals surface area contributed by atoms with Crippen LogP contribution in [0, 0.1) is 0 Å². The van der Waals surface area contributed by atoms with Crippen LogP contribution in [0.25, 0.3) is 0 Å². The highest BCUT2D eigenvalue weighted by Crippen LogP contribution is 2.35. The SMILES string of the molecule is CC(NC(=O)Nc1cccc(COc2ccc3c(c2)OCO3)c1)c1ccccn1. The van der Waals surface area contributed by atoms with Crippen molar-refractivity contribution >= 4 is 11.7 Å². The second-order valence-electron chi connectivity index (χ2n) is 6.58. The molecule has 0 saturated carbocycles. The summed E-state index contributed by atoms with van der Waals surface area (Å²) in [4.78, 5) is 16.5. The van der Waals surface area contributed by atoms with Gasteiger partial charge >= 0.3 is 6.03 Å². The first-order valence-corrected chi connectivity index (χ1v) is 9.27. The molecular weight excluding hydrogens is 370 g/mol. The van der Waals surface area contributed by atoms with Crippen molar-refractivity contribution in [2.45, 2.75) is 19.6 Å². The number of pyridine rings is 1. The fourth-order valence-corrected chi connectivity index (χ4v) is 2.94. The van der Waals surface area contributed by atoms with Crippen LogP contribution in [0.15, 0.2) is 66.9 Å². The Labute approximate surface area is 168 Å². The minimum absolute atomic E-state index is 0.200. The molecule has 0 bridgehead atoms. The Morgan fingerprint density at radius 2 is 2.00 bits per heavy atom. The normalized spacial score (nSPS) is 12.9. The monoisotopic (exact) mass is 391 g/mol. The number of anilines is 1. The standard InChI is InChI=1S/C22H21N3O4/c1-15(19-7-2-3-10-23-19)24-22(26)25-17-6-4-5-16(11-17)13-27-18-8-9-20-21(12-18)29-14-28-20/h2-12,15H,13-14H2,1H3,(H2,24,25,26). The van der Waals surface area contributed by atoms with Crippen molar-refractivity contribution in [3.8, 4) is 17.2 Å². The van der Waals surface area contributed by atoms with Crippen LogP contribution in [0.1, 0.15) is 24.2 Å². The molecule has 2 N–H and O–H groups in total. The summed E-state index contributed by atoms with van der Waals surface area (Å²) in [6.07, 6.45) is 1.70. The first kappa shape index (κ1) is 18.6.